The summed E-state index contributed by atoms with van der Waals surface area (Å²) >= 11 is 0. The summed E-state index contributed by atoms with van der Waals surface area (Å²) in [6, 6.07) is 15.0. The van der Waals surface area contributed by atoms with Gasteiger partial charge in [-0.2, -0.15) is 0 Å². The van der Waals surface area contributed by atoms with Gasteiger partial charge in [0.05, 0.1) is 23.4 Å². The Morgan fingerprint density at radius 2 is 1.37 bits per heavy atom. The summed E-state index contributed by atoms with van der Waals surface area (Å²) in [6.45, 7) is 16.1. The van der Waals surface area contributed by atoms with Crippen LogP contribution in [-0.4, -0.2) is 36.6 Å². The molecule has 0 aliphatic carbocycles. The van der Waals surface area contributed by atoms with Crippen molar-refractivity contribution in [3.05, 3.63) is 59.7 Å². The molecule has 1 fully saturated rings. The van der Waals surface area contributed by atoms with Gasteiger partial charge in [0.1, 0.15) is 6.61 Å². The standard InChI is InChI=1S/C27H38BNO6/c1-18(2)32-24(33-19(3)4)21-11-15-23(16-12-21)29-25(30)31-17-20-9-13-22(14-10-20)28-34-26(5,6)27(7,8)35-28/h9-16,18-19,24H,17H2,1-8H3,(H,29,30). The van der Waals surface area contributed by atoms with Gasteiger partial charge in [-0.3, -0.25) is 5.32 Å². The summed E-state index contributed by atoms with van der Waals surface area (Å²) < 4.78 is 29.3. The van der Waals surface area contributed by atoms with Gasteiger partial charge in [-0.15, -0.1) is 0 Å². The van der Waals surface area contributed by atoms with Crippen LogP contribution in [0.3, 0.4) is 0 Å². The van der Waals surface area contributed by atoms with E-state index in [0.29, 0.717) is 5.69 Å². The van der Waals surface area contributed by atoms with Crippen LogP contribution in [0.15, 0.2) is 48.5 Å². The van der Waals surface area contributed by atoms with E-state index in [4.69, 9.17) is 23.5 Å². The van der Waals surface area contributed by atoms with Crippen molar-refractivity contribution in [1.82, 2.24) is 0 Å². The van der Waals surface area contributed by atoms with Gasteiger partial charge in [0.2, 0.25) is 0 Å². The first-order valence-corrected chi connectivity index (χ1v) is 12.2. The van der Waals surface area contributed by atoms with E-state index in [1.54, 1.807) is 12.1 Å². The van der Waals surface area contributed by atoms with Gasteiger partial charge in [0.15, 0.2) is 6.29 Å². The molecule has 2 aromatic rings. The molecule has 1 N–H and O–H groups in total. The zero-order chi connectivity index (χ0) is 25.8. The maximum Gasteiger partial charge on any atom is 0.494 e. The Morgan fingerprint density at radius 1 is 0.857 bits per heavy atom. The highest BCUT2D eigenvalue weighted by Gasteiger charge is 2.51. The summed E-state index contributed by atoms with van der Waals surface area (Å²) in [5.41, 5.74) is 2.53. The highest BCUT2D eigenvalue weighted by molar-refractivity contribution is 6.62. The average molecular weight is 483 g/mol. The first-order chi connectivity index (χ1) is 16.4. The smallest absolute Gasteiger partial charge is 0.444 e. The first kappa shape index (κ1) is 27.2. The second-order valence-corrected chi connectivity index (χ2v) is 10.4. The van der Waals surface area contributed by atoms with Crippen LogP contribution >= 0.6 is 0 Å². The number of carbonyl (C=O) groups excluding carboxylic acids is 1. The summed E-state index contributed by atoms with van der Waals surface area (Å²) in [5.74, 6) is 0. The van der Waals surface area contributed by atoms with Gasteiger partial charge in [-0.1, -0.05) is 36.4 Å². The van der Waals surface area contributed by atoms with Crippen molar-refractivity contribution in [1.29, 1.82) is 0 Å². The third kappa shape index (κ3) is 7.30. The lowest BCUT2D eigenvalue weighted by atomic mass is 9.79. The molecule has 190 valence electrons. The van der Waals surface area contributed by atoms with Crippen LogP contribution in [0.4, 0.5) is 10.5 Å². The molecule has 1 aliphatic heterocycles. The van der Waals surface area contributed by atoms with E-state index < -0.39 is 19.5 Å². The number of ether oxygens (including phenoxy) is 3. The zero-order valence-electron chi connectivity index (χ0n) is 22.1. The molecule has 8 heteroatoms. The number of benzene rings is 2. The van der Waals surface area contributed by atoms with Crippen molar-refractivity contribution in [2.24, 2.45) is 0 Å². The second-order valence-electron chi connectivity index (χ2n) is 10.4. The van der Waals surface area contributed by atoms with Gasteiger partial charge in [0, 0.05) is 11.3 Å². The minimum absolute atomic E-state index is 0.0255. The summed E-state index contributed by atoms with van der Waals surface area (Å²) in [6.07, 6.45) is -0.938. The molecular weight excluding hydrogens is 445 g/mol. The van der Waals surface area contributed by atoms with Crippen molar-refractivity contribution in [2.45, 2.75) is 91.7 Å². The fourth-order valence-corrected chi connectivity index (χ4v) is 3.46. The largest absolute Gasteiger partial charge is 0.494 e. The molecule has 0 unspecified atom stereocenters. The van der Waals surface area contributed by atoms with Crippen LogP contribution in [-0.2, 0) is 30.1 Å². The summed E-state index contributed by atoms with van der Waals surface area (Å²) in [5, 5.41) is 2.75. The molecule has 7 nitrogen and oxygen atoms in total. The number of carbonyl (C=O) groups is 1. The number of hydrogen-bond acceptors (Lipinski definition) is 6. The van der Waals surface area contributed by atoms with Gasteiger partial charge in [0.25, 0.3) is 0 Å². The third-order valence-electron chi connectivity index (χ3n) is 6.10. The Bertz CT molecular complexity index is 946. The molecule has 3 rings (SSSR count). The molecule has 0 bridgehead atoms. The lowest BCUT2D eigenvalue weighted by molar-refractivity contribution is -0.185. The highest BCUT2D eigenvalue weighted by atomic mass is 16.7. The molecule has 0 aromatic heterocycles. The number of rotatable bonds is 9. The molecule has 1 heterocycles. The zero-order valence-corrected chi connectivity index (χ0v) is 22.1. The predicted octanol–water partition coefficient (Wildman–Crippen LogP) is 5.58. The van der Waals surface area contributed by atoms with E-state index in [2.05, 4.69) is 5.32 Å². The number of nitrogens with one attached hydrogen (secondary N) is 1. The number of hydrogen-bond donors (Lipinski definition) is 1. The van der Waals surface area contributed by atoms with Crippen LogP contribution < -0.4 is 10.8 Å². The van der Waals surface area contributed by atoms with Gasteiger partial charge < -0.3 is 23.5 Å². The van der Waals surface area contributed by atoms with Crippen molar-refractivity contribution < 1.29 is 28.3 Å². The summed E-state index contributed by atoms with van der Waals surface area (Å²) in [4.78, 5) is 12.3. The van der Waals surface area contributed by atoms with E-state index in [0.717, 1.165) is 16.6 Å². The van der Waals surface area contributed by atoms with E-state index in [1.807, 2.05) is 91.8 Å². The SMILES string of the molecule is CC(C)OC(OC(C)C)c1ccc(NC(=O)OCc2ccc(B3OC(C)(C)C(C)(C)O3)cc2)cc1. The van der Waals surface area contributed by atoms with Crippen LogP contribution in [0.5, 0.6) is 0 Å². The maximum absolute atomic E-state index is 12.3. The second kappa shape index (κ2) is 11.1. The van der Waals surface area contributed by atoms with Crippen molar-refractivity contribution in [2.75, 3.05) is 5.32 Å². The maximum atomic E-state index is 12.3. The number of anilines is 1. The predicted molar refractivity (Wildman–Crippen MR) is 138 cm³/mol. The Morgan fingerprint density at radius 3 is 1.86 bits per heavy atom. The van der Waals surface area contributed by atoms with Crippen LogP contribution in [0.2, 0.25) is 0 Å². The van der Waals surface area contributed by atoms with Crippen LogP contribution in [0.1, 0.15) is 72.8 Å². The van der Waals surface area contributed by atoms with Crippen molar-refractivity contribution in [3.63, 3.8) is 0 Å². The minimum atomic E-state index is -0.527. The Hall–Kier alpha value is -2.39. The summed E-state index contributed by atoms with van der Waals surface area (Å²) in [7, 11) is -0.419. The van der Waals surface area contributed by atoms with Gasteiger partial charge >= 0.3 is 13.2 Å². The van der Waals surface area contributed by atoms with E-state index in [9.17, 15) is 4.79 Å². The fraction of sp³-hybridized carbons (Fsp3) is 0.519. The fourth-order valence-electron chi connectivity index (χ4n) is 3.46. The van der Waals surface area contributed by atoms with Gasteiger partial charge in [-0.05, 0) is 78.5 Å². The highest BCUT2D eigenvalue weighted by Crippen LogP contribution is 2.36. The normalized spacial score (nSPS) is 16.8. The Balaban J connectivity index is 1.51. The van der Waals surface area contributed by atoms with Crippen molar-refractivity contribution >= 4 is 24.4 Å². The molecule has 35 heavy (non-hydrogen) atoms. The molecular formula is C27H38BNO6. The van der Waals surface area contributed by atoms with Crippen LogP contribution in [0, 0.1) is 0 Å². The molecule has 0 radical (unpaired) electrons. The molecule has 1 amide bonds. The Labute approximate surface area is 209 Å². The van der Waals surface area contributed by atoms with E-state index >= 15 is 0 Å². The molecule has 0 atom stereocenters. The quantitative estimate of drug-likeness (QED) is 0.371. The molecule has 0 spiro atoms. The Kier molecular flexibility index (Phi) is 8.65. The lowest BCUT2D eigenvalue weighted by Gasteiger charge is -2.32. The average Bonchev–Trinajstić information content (AvgIpc) is 2.99. The van der Waals surface area contributed by atoms with Gasteiger partial charge in [-0.25, -0.2) is 4.79 Å². The van der Waals surface area contributed by atoms with E-state index in [1.165, 1.54) is 0 Å². The van der Waals surface area contributed by atoms with Crippen LogP contribution in [0.25, 0.3) is 0 Å². The molecule has 0 saturated carbocycles. The lowest BCUT2D eigenvalue weighted by Crippen LogP contribution is -2.41. The topological polar surface area (TPSA) is 75.3 Å². The monoisotopic (exact) mass is 483 g/mol. The van der Waals surface area contributed by atoms with E-state index in [-0.39, 0.29) is 30.0 Å². The van der Waals surface area contributed by atoms with Crippen molar-refractivity contribution in [3.8, 4) is 0 Å². The minimum Gasteiger partial charge on any atom is -0.444 e. The molecule has 1 aliphatic rings. The first-order valence-electron chi connectivity index (χ1n) is 12.2. The molecule has 2 aromatic carbocycles. The third-order valence-corrected chi connectivity index (χ3v) is 6.10. The number of amides is 1. The molecule has 1 saturated heterocycles.